The summed E-state index contributed by atoms with van der Waals surface area (Å²) in [6, 6.07) is 7.57. The summed E-state index contributed by atoms with van der Waals surface area (Å²) in [5.74, 6) is 0.0315. The molecule has 7 heteroatoms. The SMILES string of the molecule is Cc1n[nH]c(C)c1N1CCN(CC(=O)NCc2ccccc2Cl)CC1. The third-order valence-electron chi connectivity index (χ3n) is 4.58. The van der Waals surface area contributed by atoms with Gasteiger partial charge in [-0.2, -0.15) is 5.10 Å². The molecular weight excluding hydrogens is 338 g/mol. The number of aryl methyl sites for hydroxylation is 2. The van der Waals surface area contributed by atoms with Gasteiger partial charge >= 0.3 is 0 Å². The van der Waals surface area contributed by atoms with Crippen molar-refractivity contribution in [3.63, 3.8) is 0 Å². The molecule has 0 bridgehead atoms. The Bertz CT molecular complexity index is 717. The molecule has 1 saturated heterocycles. The monoisotopic (exact) mass is 361 g/mol. The molecule has 3 rings (SSSR count). The van der Waals surface area contributed by atoms with Gasteiger partial charge in [-0.1, -0.05) is 29.8 Å². The Labute approximate surface area is 153 Å². The number of hydrogen-bond donors (Lipinski definition) is 2. The molecule has 2 aromatic rings. The van der Waals surface area contributed by atoms with Gasteiger partial charge in [0, 0.05) is 37.7 Å². The zero-order valence-electron chi connectivity index (χ0n) is 14.7. The number of nitrogens with zero attached hydrogens (tertiary/aromatic N) is 3. The molecule has 2 heterocycles. The summed E-state index contributed by atoms with van der Waals surface area (Å²) in [6.07, 6.45) is 0. The number of carbonyl (C=O) groups is 1. The highest BCUT2D eigenvalue weighted by Crippen LogP contribution is 2.23. The van der Waals surface area contributed by atoms with Crippen LogP contribution in [-0.4, -0.2) is 53.7 Å². The van der Waals surface area contributed by atoms with Crippen LogP contribution in [0.3, 0.4) is 0 Å². The molecule has 1 aromatic heterocycles. The van der Waals surface area contributed by atoms with Crippen molar-refractivity contribution in [1.29, 1.82) is 0 Å². The van der Waals surface area contributed by atoms with Gasteiger partial charge in [-0.25, -0.2) is 0 Å². The van der Waals surface area contributed by atoms with Crippen molar-refractivity contribution >= 4 is 23.2 Å². The van der Waals surface area contributed by atoms with E-state index in [4.69, 9.17) is 11.6 Å². The fourth-order valence-electron chi connectivity index (χ4n) is 3.24. The summed E-state index contributed by atoms with van der Waals surface area (Å²) < 4.78 is 0. The van der Waals surface area contributed by atoms with Crippen molar-refractivity contribution in [1.82, 2.24) is 20.4 Å². The van der Waals surface area contributed by atoms with Crippen LogP contribution in [-0.2, 0) is 11.3 Å². The van der Waals surface area contributed by atoms with E-state index < -0.39 is 0 Å². The second-order valence-corrected chi connectivity index (χ2v) is 6.82. The second-order valence-electron chi connectivity index (χ2n) is 6.41. The highest BCUT2D eigenvalue weighted by molar-refractivity contribution is 6.31. The fourth-order valence-corrected chi connectivity index (χ4v) is 3.44. The lowest BCUT2D eigenvalue weighted by Gasteiger charge is -2.35. The highest BCUT2D eigenvalue weighted by Gasteiger charge is 2.22. The van der Waals surface area contributed by atoms with Crippen molar-refractivity contribution < 1.29 is 4.79 Å². The molecule has 134 valence electrons. The molecule has 0 saturated carbocycles. The Hall–Kier alpha value is -2.05. The first kappa shape index (κ1) is 17.8. The molecular formula is C18H24ClN5O. The number of benzene rings is 1. The van der Waals surface area contributed by atoms with Crippen molar-refractivity contribution in [2.24, 2.45) is 0 Å². The lowest BCUT2D eigenvalue weighted by molar-refractivity contribution is -0.122. The van der Waals surface area contributed by atoms with Crippen LogP contribution in [0.1, 0.15) is 17.0 Å². The minimum absolute atomic E-state index is 0.0315. The summed E-state index contributed by atoms with van der Waals surface area (Å²) in [5.41, 5.74) is 4.27. The molecule has 0 spiro atoms. The van der Waals surface area contributed by atoms with Crippen LogP contribution in [0.2, 0.25) is 5.02 Å². The molecule has 6 nitrogen and oxygen atoms in total. The number of carbonyl (C=O) groups excluding carboxylic acids is 1. The largest absolute Gasteiger partial charge is 0.366 e. The van der Waals surface area contributed by atoms with Gasteiger partial charge in [0.1, 0.15) is 0 Å². The van der Waals surface area contributed by atoms with Crippen LogP contribution in [0, 0.1) is 13.8 Å². The Kier molecular flexibility index (Phi) is 5.60. The second kappa shape index (κ2) is 7.89. The Balaban J connectivity index is 1.46. The number of rotatable bonds is 5. The van der Waals surface area contributed by atoms with Gasteiger partial charge in [0.05, 0.1) is 23.6 Å². The lowest BCUT2D eigenvalue weighted by atomic mass is 10.2. The molecule has 1 aliphatic heterocycles. The van der Waals surface area contributed by atoms with E-state index >= 15 is 0 Å². The molecule has 0 radical (unpaired) electrons. The number of hydrogen-bond acceptors (Lipinski definition) is 4. The van der Waals surface area contributed by atoms with E-state index in [2.05, 4.69) is 25.3 Å². The maximum Gasteiger partial charge on any atom is 0.234 e. The van der Waals surface area contributed by atoms with Crippen LogP contribution in [0.5, 0.6) is 0 Å². The summed E-state index contributed by atoms with van der Waals surface area (Å²) in [7, 11) is 0. The van der Waals surface area contributed by atoms with Crippen LogP contribution >= 0.6 is 11.6 Å². The quantitative estimate of drug-likeness (QED) is 0.856. The van der Waals surface area contributed by atoms with Crippen molar-refractivity contribution in [3.8, 4) is 0 Å². The average molecular weight is 362 g/mol. The molecule has 2 N–H and O–H groups in total. The Morgan fingerprint density at radius 3 is 2.60 bits per heavy atom. The lowest BCUT2D eigenvalue weighted by Crippen LogP contribution is -2.49. The summed E-state index contributed by atoms with van der Waals surface area (Å²) in [4.78, 5) is 16.7. The maximum atomic E-state index is 12.2. The zero-order chi connectivity index (χ0) is 17.8. The number of H-pyrrole nitrogens is 1. The van der Waals surface area contributed by atoms with Crippen molar-refractivity contribution in [2.45, 2.75) is 20.4 Å². The van der Waals surface area contributed by atoms with E-state index in [1.807, 2.05) is 38.1 Å². The number of piperazine rings is 1. The first-order valence-electron chi connectivity index (χ1n) is 8.53. The van der Waals surface area contributed by atoms with E-state index in [0.717, 1.165) is 43.1 Å². The zero-order valence-corrected chi connectivity index (χ0v) is 15.4. The number of halogens is 1. The third-order valence-corrected chi connectivity index (χ3v) is 4.95. The maximum absolute atomic E-state index is 12.2. The predicted molar refractivity (Wildman–Crippen MR) is 100 cm³/mol. The van der Waals surface area contributed by atoms with E-state index in [1.165, 1.54) is 5.69 Å². The predicted octanol–water partition coefficient (Wildman–Crippen LogP) is 2.12. The summed E-state index contributed by atoms with van der Waals surface area (Å²) >= 11 is 6.12. The number of amides is 1. The molecule has 1 amide bonds. The number of aromatic nitrogens is 2. The first-order valence-corrected chi connectivity index (χ1v) is 8.91. The van der Waals surface area contributed by atoms with Crippen LogP contribution in [0.4, 0.5) is 5.69 Å². The minimum Gasteiger partial charge on any atom is -0.366 e. The van der Waals surface area contributed by atoms with Crippen LogP contribution < -0.4 is 10.2 Å². The van der Waals surface area contributed by atoms with Crippen molar-refractivity contribution in [2.75, 3.05) is 37.6 Å². The molecule has 1 aromatic carbocycles. The summed E-state index contributed by atoms with van der Waals surface area (Å²) in [6.45, 7) is 8.48. The minimum atomic E-state index is 0.0315. The van der Waals surface area contributed by atoms with Gasteiger partial charge in [0.25, 0.3) is 0 Å². The average Bonchev–Trinajstić information content (AvgIpc) is 2.94. The number of nitrogens with one attached hydrogen (secondary N) is 2. The van der Waals surface area contributed by atoms with E-state index in [-0.39, 0.29) is 5.91 Å². The Morgan fingerprint density at radius 1 is 1.24 bits per heavy atom. The molecule has 1 aliphatic rings. The Morgan fingerprint density at radius 2 is 1.96 bits per heavy atom. The van der Waals surface area contributed by atoms with Gasteiger partial charge in [-0.3, -0.25) is 14.8 Å². The molecule has 25 heavy (non-hydrogen) atoms. The van der Waals surface area contributed by atoms with E-state index in [9.17, 15) is 4.79 Å². The molecule has 0 aliphatic carbocycles. The van der Waals surface area contributed by atoms with E-state index in [0.29, 0.717) is 18.1 Å². The molecule has 0 unspecified atom stereocenters. The van der Waals surface area contributed by atoms with Gasteiger partial charge < -0.3 is 10.2 Å². The molecule has 1 fully saturated rings. The smallest absolute Gasteiger partial charge is 0.234 e. The highest BCUT2D eigenvalue weighted by atomic mass is 35.5. The molecule has 0 atom stereocenters. The van der Waals surface area contributed by atoms with Crippen LogP contribution in [0.25, 0.3) is 0 Å². The topological polar surface area (TPSA) is 64.3 Å². The third kappa shape index (κ3) is 4.32. The van der Waals surface area contributed by atoms with Gasteiger partial charge in [-0.05, 0) is 25.5 Å². The number of anilines is 1. The van der Waals surface area contributed by atoms with E-state index in [1.54, 1.807) is 0 Å². The number of aromatic amines is 1. The van der Waals surface area contributed by atoms with Gasteiger partial charge in [-0.15, -0.1) is 0 Å². The van der Waals surface area contributed by atoms with Crippen LogP contribution in [0.15, 0.2) is 24.3 Å². The van der Waals surface area contributed by atoms with Gasteiger partial charge in [0.15, 0.2) is 0 Å². The van der Waals surface area contributed by atoms with Crippen molar-refractivity contribution in [3.05, 3.63) is 46.2 Å². The normalized spacial score (nSPS) is 15.4. The standard InChI is InChI=1S/C18H24ClN5O/c1-13-18(14(2)22-21-13)24-9-7-23(8-10-24)12-17(25)20-11-15-5-3-4-6-16(15)19/h3-6H,7-12H2,1-2H3,(H,20,25)(H,21,22). The summed E-state index contributed by atoms with van der Waals surface area (Å²) in [5, 5.41) is 10.9. The first-order chi connectivity index (χ1) is 12.0. The van der Waals surface area contributed by atoms with Gasteiger partial charge in [0.2, 0.25) is 5.91 Å². The fraction of sp³-hybridized carbons (Fsp3) is 0.444.